The van der Waals surface area contributed by atoms with Crippen LogP contribution in [-0.4, -0.2) is 132 Å². The highest BCUT2D eigenvalue weighted by atomic mass is 79.9. The first kappa shape index (κ1) is 66.3. The van der Waals surface area contributed by atoms with E-state index >= 15 is 0 Å². The second-order valence-corrected chi connectivity index (χ2v) is 29.8. The first-order chi connectivity index (χ1) is 42.5. The Morgan fingerprint density at radius 3 is 1.75 bits per heavy atom. The van der Waals surface area contributed by atoms with Gasteiger partial charge in [0, 0.05) is 107 Å². The number of nitrogens with zero attached hydrogens (tertiary/aromatic N) is 8. The van der Waals surface area contributed by atoms with Gasteiger partial charge in [-0.1, -0.05) is 41.4 Å². The lowest BCUT2D eigenvalue weighted by Gasteiger charge is -2.44. The molecule has 0 spiro atoms. The van der Waals surface area contributed by atoms with Gasteiger partial charge in [0.25, 0.3) is 0 Å². The molecule has 20 heteroatoms. The van der Waals surface area contributed by atoms with Crippen LogP contribution >= 0.6 is 55.1 Å². The van der Waals surface area contributed by atoms with Gasteiger partial charge < -0.3 is 29.4 Å². The standard InChI is InChI=1S/C34H41BrClN5O3.C25H28BrClN2O4.C10H16N2/c1-34(2,3)44-33(43)41-13-10-24(17-29(41)32(42)40-12-4-5-22(20-40)19-39-14-11-37-21-39)30-28-9-8-27(36)16-23(28)6-7-25-15-26(35)18-38-31(25)30;1-25(2,3)33-24(32)29-9-8-15(12-20(29)23(30)31)21-19-7-6-18(27)11-14(19)4-5-16-10-17(26)13-28-22(16)21;1-2-9(7-11-4-1)6-10-3-5-12-8-10/h8-9,11,14-16,18,21-22,24,29-30H,4-7,10,12-13,17,19-20H2,1-3H3;6-7,10-11,13,15,20-21H,4-5,8-9,12H2,1-3H3,(H,30,31);3,5,8-11H,1-2,4,6-7H2. The van der Waals surface area contributed by atoms with Gasteiger partial charge in [-0.3, -0.25) is 29.6 Å². The quantitative estimate of drug-likeness (QED) is 0.151. The average Bonchev–Trinajstić information content (AvgIpc) is 2.21. The van der Waals surface area contributed by atoms with E-state index < -0.39 is 41.4 Å². The molecule has 0 saturated carbocycles. The molecule has 8 heterocycles. The second kappa shape index (κ2) is 29.3. The van der Waals surface area contributed by atoms with Gasteiger partial charge in [-0.05, 0) is 263 Å². The molecule has 3 amide bonds. The number of pyridine rings is 2. The summed E-state index contributed by atoms with van der Waals surface area (Å²) in [6, 6.07) is 14.9. The minimum absolute atomic E-state index is 0.000650. The average molecular weight is 1380 g/mol. The van der Waals surface area contributed by atoms with Gasteiger partial charge >= 0.3 is 18.2 Å². The molecule has 476 valence electrons. The van der Waals surface area contributed by atoms with Crippen molar-refractivity contribution in [3.63, 3.8) is 0 Å². The van der Waals surface area contributed by atoms with Crippen LogP contribution in [0.25, 0.3) is 0 Å². The molecule has 12 rings (SSSR count). The van der Waals surface area contributed by atoms with E-state index in [4.69, 9.17) is 42.6 Å². The number of aryl methyl sites for hydroxylation is 4. The monoisotopic (exact) mass is 1380 g/mol. The summed E-state index contributed by atoms with van der Waals surface area (Å²) in [6.45, 7) is 16.3. The van der Waals surface area contributed by atoms with E-state index in [-0.39, 0.29) is 29.6 Å². The maximum Gasteiger partial charge on any atom is 0.411 e. The number of hydrogen-bond acceptors (Lipinski definition) is 11. The Balaban J connectivity index is 0.000000169. The van der Waals surface area contributed by atoms with Crippen molar-refractivity contribution in [3.05, 3.63) is 156 Å². The van der Waals surface area contributed by atoms with Gasteiger partial charge in [-0.2, -0.15) is 0 Å². The van der Waals surface area contributed by atoms with E-state index in [0.717, 1.165) is 93.9 Å². The number of hydrogen-bond donors (Lipinski definition) is 2. The number of likely N-dealkylation sites (tertiary alicyclic amines) is 3. The highest BCUT2D eigenvalue weighted by Gasteiger charge is 2.46. The number of carboxylic acid groups (broad SMARTS) is 1. The third-order valence-electron chi connectivity index (χ3n) is 18.3. The summed E-state index contributed by atoms with van der Waals surface area (Å²) in [5.74, 6) is 0.890. The molecule has 9 unspecified atom stereocenters. The lowest BCUT2D eigenvalue weighted by atomic mass is 9.74. The molecular weight excluding hydrogens is 1300 g/mol. The Kier molecular flexibility index (Phi) is 21.8. The van der Waals surface area contributed by atoms with Crippen LogP contribution < -0.4 is 5.32 Å². The number of allylic oxidation sites excluding steroid dienone is 1. The minimum Gasteiger partial charge on any atom is -0.480 e. The summed E-state index contributed by atoms with van der Waals surface area (Å²) in [4.78, 5) is 76.1. The topological polar surface area (TPSA) is 185 Å². The molecule has 4 fully saturated rings. The first-order valence-corrected chi connectivity index (χ1v) is 34.1. The van der Waals surface area contributed by atoms with E-state index in [9.17, 15) is 24.3 Å². The number of rotatable bonds is 8. The predicted molar refractivity (Wildman–Crippen MR) is 355 cm³/mol. The number of piperidine rings is 4. The number of carboxylic acids is 1. The molecule has 4 saturated heterocycles. The van der Waals surface area contributed by atoms with Crippen LogP contribution in [0, 0.1) is 29.6 Å². The summed E-state index contributed by atoms with van der Waals surface area (Å²) >= 11 is 20.0. The van der Waals surface area contributed by atoms with Crippen molar-refractivity contribution in [1.29, 1.82) is 0 Å². The van der Waals surface area contributed by atoms with Gasteiger partial charge in [0.15, 0.2) is 0 Å². The number of benzene rings is 2. The van der Waals surface area contributed by atoms with Crippen molar-refractivity contribution in [1.82, 2.24) is 39.5 Å². The van der Waals surface area contributed by atoms with Crippen molar-refractivity contribution in [3.8, 4) is 0 Å². The minimum atomic E-state index is -1.01. The molecule has 2 N–H and O–H groups in total. The number of ether oxygens (including phenoxy) is 2. The van der Waals surface area contributed by atoms with Crippen LogP contribution in [0.2, 0.25) is 10.0 Å². The van der Waals surface area contributed by atoms with Gasteiger partial charge in [-0.25, -0.2) is 19.4 Å². The lowest BCUT2D eigenvalue weighted by Crippen LogP contribution is -2.57. The number of nitrogens with one attached hydrogen (secondary N) is 1. The zero-order valence-corrected chi connectivity index (χ0v) is 56.7. The van der Waals surface area contributed by atoms with E-state index in [1.807, 2.05) is 68.8 Å². The van der Waals surface area contributed by atoms with E-state index in [1.54, 1.807) is 38.1 Å². The number of imidazole rings is 1. The van der Waals surface area contributed by atoms with Crippen LogP contribution in [0.4, 0.5) is 9.59 Å². The molecule has 5 aromatic rings. The van der Waals surface area contributed by atoms with Crippen LogP contribution in [-0.2, 0) is 51.3 Å². The van der Waals surface area contributed by atoms with Crippen LogP contribution in [0.3, 0.4) is 0 Å². The van der Waals surface area contributed by atoms with Gasteiger partial charge in [0.2, 0.25) is 5.91 Å². The third-order valence-corrected chi connectivity index (χ3v) is 19.7. The van der Waals surface area contributed by atoms with Crippen LogP contribution in [0.1, 0.15) is 156 Å². The number of aromatic nitrogens is 4. The fourth-order valence-corrected chi connectivity index (χ4v) is 15.5. The molecule has 16 nitrogen and oxygen atoms in total. The zero-order chi connectivity index (χ0) is 63.1. The molecule has 2 aromatic carbocycles. The zero-order valence-electron chi connectivity index (χ0n) is 52.1. The summed E-state index contributed by atoms with van der Waals surface area (Å²) in [5, 5.41) is 14.9. The SMILES string of the molecule is C1=CC(CC2CCCNC2)C=N1.CC(C)(C)OC(=O)N1CCC(C2c3ccc(Cl)cc3CCc3cc(Br)cnc32)CC1C(=O)N1CCCC(Cn2ccnc2)C1.CC(C)(C)OC(=O)N1CCC(C2c3ccc(Cl)cc3CCc3cc(Br)cnc32)CC1C(=O)O. The summed E-state index contributed by atoms with van der Waals surface area (Å²) in [5.41, 5.74) is 7.85. The molecule has 3 aromatic heterocycles. The Labute approximate surface area is 551 Å². The maximum atomic E-state index is 14.5. The molecule has 0 bridgehead atoms. The highest BCUT2D eigenvalue weighted by molar-refractivity contribution is 9.10. The smallest absolute Gasteiger partial charge is 0.411 e. The van der Waals surface area contributed by atoms with Gasteiger partial charge in [-0.15, -0.1) is 0 Å². The number of carbonyl (C=O) groups excluding carboxylic acids is 3. The van der Waals surface area contributed by atoms with E-state index in [0.29, 0.717) is 62.3 Å². The highest BCUT2D eigenvalue weighted by Crippen LogP contribution is 2.47. The van der Waals surface area contributed by atoms with E-state index in [1.165, 1.54) is 59.5 Å². The molecule has 9 atom stereocenters. The van der Waals surface area contributed by atoms with Gasteiger partial charge in [0.1, 0.15) is 23.3 Å². The van der Waals surface area contributed by atoms with Crippen LogP contribution in [0.5, 0.6) is 0 Å². The van der Waals surface area contributed by atoms with Crippen molar-refractivity contribution >= 4 is 85.3 Å². The maximum absolute atomic E-state index is 14.5. The molecular formula is C69H85Br2Cl2N9O7. The Morgan fingerprint density at radius 1 is 0.697 bits per heavy atom. The summed E-state index contributed by atoms with van der Waals surface area (Å²) < 4.78 is 15.3. The van der Waals surface area contributed by atoms with Crippen molar-refractivity contribution in [2.75, 3.05) is 39.3 Å². The lowest BCUT2D eigenvalue weighted by molar-refractivity contribution is -0.145. The molecule has 5 aliphatic heterocycles. The van der Waals surface area contributed by atoms with Crippen LogP contribution in [0.15, 0.2) is 106 Å². The van der Waals surface area contributed by atoms with Crippen molar-refractivity contribution in [2.45, 2.75) is 167 Å². The third kappa shape index (κ3) is 17.1. The number of aliphatic imine (C=N–C) groups is 1. The van der Waals surface area contributed by atoms with Crippen molar-refractivity contribution < 1.29 is 33.8 Å². The summed E-state index contributed by atoms with van der Waals surface area (Å²) in [6.07, 6.45) is 26.2. The Bertz CT molecular complexity index is 3260. The molecule has 0 radical (unpaired) electrons. The fourth-order valence-electron chi connectivity index (χ4n) is 14.4. The number of halogens is 4. The normalized spacial score (nSPS) is 24.8. The van der Waals surface area contributed by atoms with Crippen molar-refractivity contribution in [2.24, 2.45) is 34.6 Å². The Hall–Kier alpha value is -5.66. The Morgan fingerprint density at radius 2 is 1.25 bits per heavy atom. The molecule has 2 aliphatic carbocycles. The molecule has 89 heavy (non-hydrogen) atoms. The number of amides is 3. The largest absolute Gasteiger partial charge is 0.480 e. The predicted octanol–water partition coefficient (Wildman–Crippen LogP) is 14.3. The fraction of sp³-hybridized carbons (Fsp3) is 0.536. The van der Waals surface area contributed by atoms with E-state index in [2.05, 4.69) is 94.3 Å². The number of fused-ring (bicyclic) bond motifs is 4. The molecule has 7 aliphatic rings. The van der Waals surface area contributed by atoms with Gasteiger partial charge in [0.05, 0.1) is 17.7 Å². The first-order valence-electron chi connectivity index (χ1n) is 31.8. The number of aliphatic carboxylic acids is 1. The second-order valence-electron chi connectivity index (χ2n) is 27.1. The number of carbonyl (C=O) groups is 4. The summed E-state index contributed by atoms with van der Waals surface area (Å²) in [7, 11) is 0.